The number of aliphatic hydroxyl groups excluding tert-OH is 1. The quantitative estimate of drug-likeness (QED) is 0.651. The van der Waals surface area contributed by atoms with Crippen molar-refractivity contribution in [3.05, 3.63) is 53.9 Å². The van der Waals surface area contributed by atoms with Crippen molar-refractivity contribution in [3.63, 3.8) is 0 Å². The van der Waals surface area contributed by atoms with Gasteiger partial charge in [0.05, 0.1) is 13.0 Å². The van der Waals surface area contributed by atoms with E-state index < -0.39 is 18.6 Å². The predicted molar refractivity (Wildman–Crippen MR) is 91.4 cm³/mol. The Kier molecular flexibility index (Phi) is 5.65. The van der Waals surface area contributed by atoms with Crippen molar-refractivity contribution in [2.75, 3.05) is 13.4 Å². The molecule has 0 spiro atoms. The Morgan fingerprint density at radius 3 is 2.65 bits per heavy atom. The first kappa shape index (κ1) is 17.7. The molecule has 0 radical (unpaired) electrons. The number of carbonyl (C=O) groups excluding carboxylic acids is 2. The van der Waals surface area contributed by atoms with Crippen LogP contribution in [0.2, 0.25) is 0 Å². The third-order valence-electron chi connectivity index (χ3n) is 3.85. The standard InChI is InChI=1S/C18H19N3O5/c22-10-14(21-17(23)8-12-3-5-19-6-4-12)18(24)20-9-13-1-2-15-16(7-13)26-11-25-15/h1-7,14,22H,8-11H2,(H,20,24)(H,21,23)/t14-/m0/s1. The smallest absolute Gasteiger partial charge is 0.245 e. The van der Waals surface area contributed by atoms with Gasteiger partial charge in [-0.3, -0.25) is 14.6 Å². The zero-order chi connectivity index (χ0) is 18.4. The minimum atomic E-state index is -1.02. The van der Waals surface area contributed by atoms with E-state index in [-0.39, 0.29) is 25.7 Å². The van der Waals surface area contributed by atoms with E-state index in [2.05, 4.69) is 15.6 Å². The van der Waals surface area contributed by atoms with Crippen LogP contribution in [0.5, 0.6) is 11.5 Å². The summed E-state index contributed by atoms with van der Waals surface area (Å²) < 4.78 is 10.5. The number of hydrogen-bond donors (Lipinski definition) is 3. The van der Waals surface area contributed by atoms with Gasteiger partial charge in [0, 0.05) is 18.9 Å². The largest absolute Gasteiger partial charge is 0.454 e. The van der Waals surface area contributed by atoms with Crippen molar-refractivity contribution in [1.82, 2.24) is 15.6 Å². The number of aromatic nitrogens is 1. The maximum atomic E-state index is 12.2. The number of rotatable bonds is 7. The molecule has 0 aliphatic carbocycles. The molecule has 1 aliphatic heterocycles. The fraction of sp³-hybridized carbons (Fsp3) is 0.278. The highest BCUT2D eigenvalue weighted by molar-refractivity contribution is 5.88. The monoisotopic (exact) mass is 357 g/mol. The lowest BCUT2D eigenvalue weighted by Gasteiger charge is -2.16. The van der Waals surface area contributed by atoms with Crippen LogP contribution in [0.1, 0.15) is 11.1 Å². The first-order chi connectivity index (χ1) is 12.7. The number of amides is 2. The Bertz CT molecular complexity index is 782. The maximum Gasteiger partial charge on any atom is 0.245 e. The highest BCUT2D eigenvalue weighted by atomic mass is 16.7. The van der Waals surface area contributed by atoms with E-state index in [0.717, 1.165) is 11.1 Å². The summed E-state index contributed by atoms with van der Waals surface area (Å²) in [7, 11) is 0. The number of carbonyl (C=O) groups is 2. The lowest BCUT2D eigenvalue weighted by Crippen LogP contribution is -2.49. The molecule has 0 saturated heterocycles. The normalized spacial score (nSPS) is 13.1. The van der Waals surface area contributed by atoms with Crippen LogP contribution in [0.25, 0.3) is 0 Å². The minimum Gasteiger partial charge on any atom is -0.454 e. The molecular formula is C18H19N3O5. The van der Waals surface area contributed by atoms with Gasteiger partial charge in [0.25, 0.3) is 0 Å². The van der Waals surface area contributed by atoms with E-state index >= 15 is 0 Å². The topological polar surface area (TPSA) is 110 Å². The summed E-state index contributed by atoms with van der Waals surface area (Å²) in [6.45, 7) is -0.0670. The molecule has 0 unspecified atom stereocenters. The van der Waals surface area contributed by atoms with E-state index in [9.17, 15) is 14.7 Å². The molecule has 1 aromatic carbocycles. The number of nitrogens with one attached hydrogen (secondary N) is 2. The van der Waals surface area contributed by atoms with Crippen molar-refractivity contribution < 1.29 is 24.2 Å². The zero-order valence-electron chi connectivity index (χ0n) is 14.0. The average Bonchev–Trinajstić information content (AvgIpc) is 3.12. The molecule has 26 heavy (non-hydrogen) atoms. The van der Waals surface area contributed by atoms with E-state index in [1.807, 2.05) is 6.07 Å². The van der Waals surface area contributed by atoms with Crippen LogP contribution in [0, 0.1) is 0 Å². The SMILES string of the molecule is O=C(Cc1ccncc1)N[C@@H](CO)C(=O)NCc1ccc2c(c1)OCO2. The van der Waals surface area contributed by atoms with E-state index in [0.29, 0.717) is 11.5 Å². The molecule has 0 saturated carbocycles. The highest BCUT2D eigenvalue weighted by Gasteiger charge is 2.20. The van der Waals surface area contributed by atoms with Crippen LogP contribution in [0.4, 0.5) is 0 Å². The Labute approximate surface area is 150 Å². The van der Waals surface area contributed by atoms with Crippen molar-refractivity contribution >= 4 is 11.8 Å². The van der Waals surface area contributed by atoms with Gasteiger partial charge in [0.15, 0.2) is 11.5 Å². The minimum absolute atomic E-state index is 0.106. The second-order valence-corrected chi connectivity index (χ2v) is 5.74. The molecule has 2 amide bonds. The van der Waals surface area contributed by atoms with Crippen LogP contribution in [-0.2, 0) is 22.6 Å². The molecule has 1 aromatic heterocycles. The van der Waals surface area contributed by atoms with Crippen LogP contribution < -0.4 is 20.1 Å². The van der Waals surface area contributed by atoms with Crippen molar-refractivity contribution in [2.24, 2.45) is 0 Å². The molecule has 2 heterocycles. The van der Waals surface area contributed by atoms with Crippen LogP contribution in [0.15, 0.2) is 42.7 Å². The van der Waals surface area contributed by atoms with Crippen molar-refractivity contribution in [1.29, 1.82) is 0 Å². The van der Waals surface area contributed by atoms with Gasteiger partial charge in [0.2, 0.25) is 18.6 Å². The van der Waals surface area contributed by atoms with Crippen LogP contribution in [-0.4, -0.2) is 41.3 Å². The van der Waals surface area contributed by atoms with Crippen LogP contribution >= 0.6 is 0 Å². The molecule has 136 valence electrons. The molecule has 3 rings (SSSR count). The number of fused-ring (bicyclic) bond motifs is 1. The number of hydrogen-bond acceptors (Lipinski definition) is 6. The van der Waals surface area contributed by atoms with Gasteiger partial charge in [-0.25, -0.2) is 0 Å². The molecule has 8 heteroatoms. The molecule has 1 aliphatic rings. The summed E-state index contributed by atoms with van der Waals surface area (Å²) in [5.74, 6) is 0.472. The van der Waals surface area contributed by atoms with E-state index in [1.54, 1.807) is 36.7 Å². The Morgan fingerprint density at radius 2 is 1.88 bits per heavy atom. The summed E-state index contributed by atoms with van der Waals surface area (Å²) in [5.41, 5.74) is 1.59. The number of ether oxygens (including phenoxy) is 2. The lowest BCUT2D eigenvalue weighted by atomic mass is 10.1. The summed E-state index contributed by atoms with van der Waals surface area (Å²) in [6, 6.07) is 7.77. The Morgan fingerprint density at radius 1 is 1.12 bits per heavy atom. The summed E-state index contributed by atoms with van der Waals surface area (Å²) >= 11 is 0. The third-order valence-corrected chi connectivity index (χ3v) is 3.85. The van der Waals surface area contributed by atoms with Crippen molar-refractivity contribution in [3.8, 4) is 11.5 Å². The van der Waals surface area contributed by atoms with E-state index in [4.69, 9.17) is 9.47 Å². The fourth-order valence-corrected chi connectivity index (χ4v) is 2.49. The van der Waals surface area contributed by atoms with Gasteiger partial charge in [-0.05, 0) is 35.4 Å². The average molecular weight is 357 g/mol. The lowest BCUT2D eigenvalue weighted by molar-refractivity contribution is -0.129. The molecule has 2 aromatic rings. The van der Waals surface area contributed by atoms with E-state index in [1.165, 1.54) is 0 Å². The van der Waals surface area contributed by atoms with Crippen molar-refractivity contribution in [2.45, 2.75) is 19.0 Å². The van der Waals surface area contributed by atoms with Gasteiger partial charge in [-0.2, -0.15) is 0 Å². The first-order valence-corrected chi connectivity index (χ1v) is 8.11. The van der Waals surface area contributed by atoms with Gasteiger partial charge in [-0.1, -0.05) is 6.07 Å². The number of benzene rings is 1. The number of nitrogens with zero attached hydrogens (tertiary/aromatic N) is 1. The third kappa shape index (κ3) is 4.48. The number of pyridine rings is 1. The fourth-order valence-electron chi connectivity index (χ4n) is 2.49. The molecule has 3 N–H and O–H groups in total. The van der Waals surface area contributed by atoms with Gasteiger partial charge >= 0.3 is 0 Å². The van der Waals surface area contributed by atoms with Gasteiger partial charge in [-0.15, -0.1) is 0 Å². The predicted octanol–water partition coefficient (Wildman–Crippen LogP) is 0.146. The molecule has 0 bridgehead atoms. The second kappa shape index (κ2) is 8.30. The second-order valence-electron chi connectivity index (χ2n) is 5.74. The molecular weight excluding hydrogens is 338 g/mol. The summed E-state index contributed by atoms with van der Waals surface area (Å²) in [5, 5.41) is 14.6. The Balaban J connectivity index is 1.51. The molecule has 8 nitrogen and oxygen atoms in total. The Hall–Kier alpha value is -3.13. The number of aliphatic hydroxyl groups is 1. The maximum absolute atomic E-state index is 12.2. The summed E-state index contributed by atoms with van der Waals surface area (Å²) in [6.07, 6.45) is 3.28. The molecule has 1 atom stereocenters. The molecule has 0 fully saturated rings. The highest BCUT2D eigenvalue weighted by Crippen LogP contribution is 2.32. The summed E-state index contributed by atoms with van der Waals surface area (Å²) in [4.78, 5) is 28.1. The van der Waals surface area contributed by atoms with Gasteiger partial charge in [0.1, 0.15) is 6.04 Å². The van der Waals surface area contributed by atoms with Crippen LogP contribution in [0.3, 0.4) is 0 Å². The van der Waals surface area contributed by atoms with Gasteiger partial charge < -0.3 is 25.2 Å². The zero-order valence-corrected chi connectivity index (χ0v) is 14.0. The first-order valence-electron chi connectivity index (χ1n) is 8.11.